The molecule has 1 aliphatic heterocycles. The number of thiazole rings is 1. The number of benzene rings is 2. The minimum Gasteiger partial charge on any atom is -0.363 e. The zero-order valence-electron chi connectivity index (χ0n) is 22.9. The van der Waals surface area contributed by atoms with Crippen LogP contribution in [-0.2, 0) is 25.8 Å². The summed E-state index contributed by atoms with van der Waals surface area (Å²) in [5.74, 6) is -1.09. The first-order chi connectivity index (χ1) is 20.0. The number of aromatic nitrogens is 3. The van der Waals surface area contributed by atoms with E-state index in [0.29, 0.717) is 38.3 Å². The van der Waals surface area contributed by atoms with Crippen LogP contribution in [0.4, 0.5) is 23.2 Å². The molecule has 0 unspecified atom stereocenters. The summed E-state index contributed by atoms with van der Waals surface area (Å²) in [6.07, 6.45) is -4.84. The first-order valence-corrected chi connectivity index (χ1v) is 14.3. The van der Waals surface area contributed by atoms with Crippen LogP contribution in [0, 0.1) is 12.7 Å². The van der Waals surface area contributed by atoms with Gasteiger partial charge in [0.25, 0.3) is 5.56 Å². The quantitative estimate of drug-likeness (QED) is 0.307. The van der Waals surface area contributed by atoms with E-state index >= 15 is 0 Å². The molecule has 0 bridgehead atoms. The zero-order valence-corrected chi connectivity index (χ0v) is 23.7. The summed E-state index contributed by atoms with van der Waals surface area (Å²) in [4.78, 5) is 36.0. The first-order valence-electron chi connectivity index (χ1n) is 13.4. The average molecular weight is 603 g/mol. The van der Waals surface area contributed by atoms with Crippen molar-refractivity contribution in [3.05, 3.63) is 114 Å². The van der Waals surface area contributed by atoms with E-state index in [2.05, 4.69) is 9.88 Å². The van der Waals surface area contributed by atoms with E-state index < -0.39 is 47.0 Å². The molecule has 1 fully saturated rings. The summed E-state index contributed by atoms with van der Waals surface area (Å²) in [6, 6.07) is 10.8. The average Bonchev–Trinajstić information content (AvgIpc) is 3.48. The Labute approximate surface area is 243 Å². The van der Waals surface area contributed by atoms with E-state index in [1.807, 2.05) is 10.3 Å². The molecular weight excluding hydrogens is 572 g/mol. The van der Waals surface area contributed by atoms with Crippen molar-refractivity contribution in [1.82, 2.24) is 19.0 Å². The van der Waals surface area contributed by atoms with Crippen LogP contribution in [0.2, 0.25) is 0 Å². The molecule has 0 saturated carbocycles. The molecule has 2 N–H and O–H groups in total. The van der Waals surface area contributed by atoms with Gasteiger partial charge in [0, 0.05) is 55.4 Å². The monoisotopic (exact) mass is 602 g/mol. The lowest BCUT2D eigenvalue weighted by Crippen LogP contribution is -2.51. The standard InChI is InChI=1S/C29H30F4N6O2S/c1-19-26(37-12-10-36(11-13-37)14-21-17-42-18-35-21)27(40)39(16-25(34)20-6-3-2-4-7-20)28(41)38(19)15-22-23(29(31,32)33)8-5-9-24(22)30/h2-9,17-18,25H,10-16,34H2,1H3/t25-/m1/s1. The highest BCUT2D eigenvalue weighted by atomic mass is 32.1. The smallest absolute Gasteiger partial charge is 0.363 e. The first kappa shape index (κ1) is 29.7. The predicted octanol–water partition coefficient (Wildman–Crippen LogP) is 4.00. The van der Waals surface area contributed by atoms with Gasteiger partial charge in [-0.2, -0.15) is 13.2 Å². The summed E-state index contributed by atoms with van der Waals surface area (Å²) in [7, 11) is 0. The molecule has 4 aromatic rings. The van der Waals surface area contributed by atoms with Gasteiger partial charge in [-0.05, 0) is 24.6 Å². The lowest BCUT2D eigenvalue weighted by atomic mass is 10.1. The number of piperazine rings is 1. The van der Waals surface area contributed by atoms with Crippen molar-refractivity contribution in [1.29, 1.82) is 0 Å². The Bertz CT molecular complexity index is 1650. The van der Waals surface area contributed by atoms with E-state index in [9.17, 15) is 27.2 Å². The van der Waals surface area contributed by atoms with Gasteiger partial charge in [0.05, 0.1) is 29.9 Å². The van der Waals surface area contributed by atoms with Crippen LogP contribution in [0.3, 0.4) is 0 Å². The highest BCUT2D eigenvalue weighted by Gasteiger charge is 2.35. The molecule has 42 heavy (non-hydrogen) atoms. The van der Waals surface area contributed by atoms with E-state index in [1.165, 1.54) is 18.3 Å². The van der Waals surface area contributed by atoms with Crippen LogP contribution in [-0.4, -0.2) is 45.2 Å². The van der Waals surface area contributed by atoms with Gasteiger partial charge >= 0.3 is 11.9 Å². The van der Waals surface area contributed by atoms with E-state index in [1.54, 1.807) is 35.8 Å². The third-order valence-corrected chi connectivity index (χ3v) is 8.20. The third-order valence-electron chi connectivity index (χ3n) is 7.56. The fraction of sp³-hybridized carbons (Fsp3) is 0.345. The Morgan fingerprint density at radius 2 is 1.69 bits per heavy atom. The fourth-order valence-corrected chi connectivity index (χ4v) is 5.87. The Kier molecular flexibility index (Phi) is 8.62. The van der Waals surface area contributed by atoms with E-state index in [4.69, 9.17) is 5.73 Å². The Morgan fingerprint density at radius 1 is 0.976 bits per heavy atom. The summed E-state index contributed by atoms with van der Waals surface area (Å²) < 4.78 is 58.4. The van der Waals surface area contributed by atoms with Crippen molar-refractivity contribution in [2.24, 2.45) is 5.73 Å². The number of anilines is 1. The van der Waals surface area contributed by atoms with Crippen LogP contribution >= 0.6 is 11.3 Å². The van der Waals surface area contributed by atoms with Crippen molar-refractivity contribution >= 4 is 17.0 Å². The lowest BCUT2D eigenvalue weighted by molar-refractivity contribution is -0.138. The van der Waals surface area contributed by atoms with Crippen LogP contribution in [0.15, 0.2) is 69.0 Å². The summed E-state index contributed by atoms with van der Waals surface area (Å²) >= 11 is 1.51. The molecule has 2 aromatic heterocycles. The second kappa shape index (κ2) is 12.2. The maximum atomic E-state index is 14.9. The maximum absolute atomic E-state index is 14.9. The molecule has 222 valence electrons. The second-order valence-electron chi connectivity index (χ2n) is 10.2. The number of nitrogens with two attached hydrogens (primary N) is 1. The van der Waals surface area contributed by atoms with Crippen molar-refractivity contribution < 1.29 is 17.6 Å². The Balaban J connectivity index is 1.56. The number of hydrogen-bond donors (Lipinski definition) is 1. The minimum absolute atomic E-state index is 0.166. The molecule has 0 aliphatic carbocycles. The van der Waals surface area contributed by atoms with Crippen LogP contribution in [0.1, 0.15) is 34.1 Å². The lowest BCUT2D eigenvalue weighted by Gasteiger charge is -2.36. The van der Waals surface area contributed by atoms with Crippen molar-refractivity contribution in [2.45, 2.75) is 38.8 Å². The van der Waals surface area contributed by atoms with Gasteiger partial charge in [-0.15, -0.1) is 11.3 Å². The SMILES string of the molecule is Cc1c(N2CCN(Cc3cscn3)CC2)c(=O)n(C[C@@H](N)c2ccccc2)c(=O)n1Cc1c(F)cccc1C(F)(F)F. The normalized spacial score (nSPS) is 15.2. The van der Waals surface area contributed by atoms with Crippen LogP contribution in [0.5, 0.6) is 0 Å². The molecule has 0 spiro atoms. The van der Waals surface area contributed by atoms with E-state index in [0.717, 1.165) is 33.0 Å². The number of hydrogen-bond acceptors (Lipinski definition) is 7. The van der Waals surface area contributed by atoms with Gasteiger partial charge in [0.15, 0.2) is 0 Å². The number of nitrogens with zero attached hydrogens (tertiary/aromatic N) is 5. The molecule has 1 saturated heterocycles. The Morgan fingerprint density at radius 3 is 2.33 bits per heavy atom. The van der Waals surface area contributed by atoms with Crippen molar-refractivity contribution in [2.75, 3.05) is 31.1 Å². The molecule has 3 heterocycles. The molecule has 0 radical (unpaired) electrons. The molecular formula is C29H30F4N6O2S. The van der Waals surface area contributed by atoms with Gasteiger partial charge in [-0.1, -0.05) is 36.4 Å². The van der Waals surface area contributed by atoms with Gasteiger partial charge < -0.3 is 10.6 Å². The minimum atomic E-state index is -4.84. The molecule has 2 aromatic carbocycles. The van der Waals surface area contributed by atoms with Crippen molar-refractivity contribution in [3.8, 4) is 0 Å². The molecule has 5 rings (SSSR count). The zero-order chi connectivity index (χ0) is 30.0. The number of halogens is 4. The van der Waals surface area contributed by atoms with E-state index in [-0.39, 0.29) is 17.9 Å². The maximum Gasteiger partial charge on any atom is 0.416 e. The highest BCUT2D eigenvalue weighted by Crippen LogP contribution is 2.33. The number of rotatable bonds is 8. The summed E-state index contributed by atoms with van der Waals surface area (Å²) in [6.45, 7) is 3.34. The highest BCUT2D eigenvalue weighted by molar-refractivity contribution is 7.07. The second-order valence-corrected chi connectivity index (χ2v) is 11.0. The van der Waals surface area contributed by atoms with Crippen LogP contribution < -0.4 is 21.9 Å². The topological polar surface area (TPSA) is 89.4 Å². The summed E-state index contributed by atoms with van der Waals surface area (Å²) in [5.41, 5.74) is 6.83. The van der Waals surface area contributed by atoms with Crippen molar-refractivity contribution in [3.63, 3.8) is 0 Å². The molecule has 1 atom stereocenters. The van der Waals surface area contributed by atoms with Gasteiger partial charge in [-0.25, -0.2) is 14.2 Å². The fourth-order valence-electron chi connectivity index (χ4n) is 5.32. The summed E-state index contributed by atoms with van der Waals surface area (Å²) in [5, 5.41) is 1.97. The van der Waals surface area contributed by atoms with Gasteiger partial charge in [-0.3, -0.25) is 18.8 Å². The van der Waals surface area contributed by atoms with Crippen LogP contribution in [0.25, 0.3) is 0 Å². The molecule has 8 nitrogen and oxygen atoms in total. The molecule has 13 heteroatoms. The molecule has 0 amide bonds. The Hall–Kier alpha value is -3.81. The molecule has 1 aliphatic rings. The van der Waals surface area contributed by atoms with Gasteiger partial charge in [0.2, 0.25) is 0 Å². The largest absolute Gasteiger partial charge is 0.416 e. The predicted molar refractivity (Wildman–Crippen MR) is 153 cm³/mol. The number of alkyl halides is 3. The van der Waals surface area contributed by atoms with Gasteiger partial charge in [0.1, 0.15) is 11.5 Å². The third kappa shape index (κ3) is 6.18.